The van der Waals surface area contributed by atoms with Gasteiger partial charge in [0.25, 0.3) is 0 Å². The Kier molecular flexibility index (Phi) is 1.55. The van der Waals surface area contributed by atoms with Crippen molar-refractivity contribution in [2.75, 3.05) is 0 Å². The molecule has 0 aliphatic heterocycles. The highest BCUT2D eigenvalue weighted by Crippen LogP contribution is 2.16. The van der Waals surface area contributed by atoms with Gasteiger partial charge in [-0.05, 0) is 18.6 Å². The van der Waals surface area contributed by atoms with Crippen molar-refractivity contribution in [2.45, 2.75) is 6.92 Å². The van der Waals surface area contributed by atoms with Crippen molar-refractivity contribution >= 4 is 17.0 Å². The quantitative estimate of drug-likeness (QED) is 0.674. The Morgan fingerprint density at radius 1 is 1.62 bits per heavy atom. The lowest BCUT2D eigenvalue weighted by Crippen LogP contribution is -2.21. The summed E-state index contributed by atoms with van der Waals surface area (Å²) in [6.45, 7) is 1.86. The van der Waals surface area contributed by atoms with Gasteiger partial charge in [0.15, 0.2) is 0 Å². The standard InChI is InChI=1S/C9H8N2O2/c1-5-2-6-7(9(12)13)4-11-8(6)10-3-5/h2-4H,1H3,(H,10,11)(H,12,13)/p-1. The number of carbonyl (C=O) groups excluding carboxylic acids is 1. The predicted molar refractivity (Wildman–Crippen MR) is 45.2 cm³/mol. The minimum Gasteiger partial charge on any atom is -0.545 e. The Labute approximate surface area is 74.2 Å². The molecule has 1 N–H and O–H groups in total. The molecule has 4 heteroatoms. The molecule has 0 saturated carbocycles. The van der Waals surface area contributed by atoms with E-state index < -0.39 is 5.97 Å². The molecule has 2 rings (SSSR count). The lowest BCUT2D eigenvalue weighted by Gasteiger charge is -1.98. The molecule has 2 aromatic rings. The predicted octanol–water partition coefficient (Wildman–Crippen LogP) is 0.235. The number of hydrogen-bond acceptors (Lipinski definition) is 3. The van der Waals surface area contributed by atoms with E-state index in [9.17, 15) is 9.90 Å². The Balaban J connectivity index is 2.79. The normalized spacial score (nSPS) is 10.5. The van der Waals surface area contributed by atoms with Gasteiger partial charge in [0.05, 0.1) is 5.97 Å². The minimum atomic E-state index is -1.18. The smallest absolute Gasteiger partial charge is 0.137 e. The van der Waals surface area contributed by atoms with Crippen LogP contribution in [-0.2, 0) is 0 Å². The monoisotopic (exact) mass is 175 g/mol. The van der Waals surface area contributed by atoms with E-state index in [0.717, 1.165) is 5.56 Å². The zero-order chi connectivity index (χ0) is 9.42. The fraction of sp³-hybridized carbons (Fsp3) is 0.111. The summed E-state index contributed by atoms with van der Waals surface area (Å²) in [7, 11) is 0. The summed E-state index contributed by atoms with van der Waals surface area (Å²) in [6.07, 6.45) is 3.07. The largest absolute Gasteiger partial charge is 0.545 e. The maximum Gasteiger partial charge on any atom is 0.137 e. The molecule has 0 bridgehead atoms. The first-order chi connectivity index (χ1) is 6.18. The van der Waals surface area contributed by atoms with Gasteiger partial charge >= 0.3 is 0 Å². The molecule has 4 nitrogen and oxygen atoms in total. The fourth-order valence-corrected chi connectivity index (χ4v) is 1.28. The number of aromatic amines is 1. The van der Waals surface area contributed by atoms with Crippen LogP contribution in [0, 0.1) is 6.92 Å². The first-order valence-corrected chi connectivity index (χ1v) is 3.83. The Morgan fingerprint density at radius 2 is 2.38 bits per heavy atom. The molecule has 0 aliphatic carbocycles. The molecule has 0 aromatic carbocycles. The lowest BCUT2D eigenvalue weighted by molar-refractivity contribution is -0.254. The van der Waals surface area contributed by atoms with Crippen LogP contribution in [-0.4, -0.2) is 15.9 Å². The number of nitrogens with one attached hydrogen (secondary N) is 1. The average Bonchev–Trinajstić information content (AvgIpc) is 2.46. The SMILES string of the molecule is Cc1cnc2[nH]cc(C(=O)[O-])c2c1. The van der Waals surface area contributed by atoms with Crippen molar-refractivity contribution in [3.05, 3.63) is 29.6 Å². The molecule has 0 amide bonds. The maximum absolute atomic E-state index is 10.6. The summed E-state index contributed by atoms with van der Waals surface area (Å²) in [5.41, 5.74) is 1.66. The summed E-state index contributed by atoms with van der Waals surface area (Å²) in [6, 6.07) is 1.77. The number of hydrogen-bond donors (Lipinski definition) is 1. The molecule has 0 radical (unpaired) electrons. The number of carboxylic acid groups (broad SMARTS) is 1. The Bertz CT molecular complexity index is 473. The molecule has 66 valence electrons. The van der Waals surface area contributed by atoms with Gasteiger partial charge in [0.2, 0.25) is 0 Å². The molecule has 0 fully saturated rings. The Morgan fingerprint density at radius 3 is 3.08 bits per heavy atom. The van der Waals surface area contributed by atoms with Crippen molar-refractivity contribution in [1.29, 1.82) is 0 Å². The van der Waals surface area contributed by atoms with Crippen molar-refractivity contribution < 1.29 is 9.90 Å². The van der Waals surface area contributed by atoms with Gasteiger partial charge < -0.3 is 14.9 Å². The zero-order valence-corrected chi connectivity index (χ0v) is 7.00. The number of aryl methyl sites for hydroxylation is 1. The second-order valence-corrected chi connectivity index (χ2v) is 2.90. The zero-order valence-electron chi connectivity index (χ0n) is 7.00. The van der Waals surface area contributed by atoms with E-state index >= 15 is 0 Å². The van der Waals surface area contributed by atoms with E-state index in [1.165, 1.54) is 6.20 Å². The molecule has 0 spiro atoms. The topological polar surface area (TPSA) is 68.8 Å². The second kappa shape index (κ2) is 2.58. The third kappa shape index (κ3) is 1.16. The van der Waals surface area contributed by atoms with Crippen LogP contribution in [0.25, 0.3) is 11.0 Å². The second-order valence-electron chi connectivity index (χ2n) is 2.90. The van der Waals surface area contributed by atoms with Crippen molar-refractivity contribution in [1.82, 2.24) is 9.97 Å². The first kappa shape index (κ1) is 7.79. The van der Waals surface area contributed by atoms with Crippen molar-refractivity contribution in [3.63, 3.8) is 0 Å². The van der Waals surface area contributed by atoms with E-state index in [-0.39, 0.29) is 5.56 Å². The van der Waals surface area contributed by atoms with Crippen LogP contribution in [0.1, 0.15) is 15.9 Å². The van der Waals surface area contributed by atoms with Crippen LogP contribution in [0.2, 0.25) is 0 Å². The number of aromatic nitrogens is 2. The van der Waals surface area contributed by atoms with Crippen molar-refractivity contribution in [3.8, 4) is 0 Å². The van der Waals surface area contributed by atoms with Crippen LogP contribution in [0.4, 0.5) is 0 Å². The number of H-pyrrole nitrogens is 1. The molecule has 0 saturated heterocycles. The number of fused-ring (bicyclic) bond motifs is 1. The number of pyridine rings is 1. The number of nitrogens with zero attached hydrogens (tertiary/aromatic N) is 1. The molecule has 2 aromatic heterocycles. The molecular formula is C9H7N2O2-. The van der Waals surface area contributed by atoms with Gasteiger partial charge in [-0.3, -0.25) is 0 Å². The van der Waals surface area contributed by atoms with E-state index in [0.29, 0.717) is 11.0 Å². The molecule has 0 aliphatic rings. The summed E-state index contributed by atoms with van der Waals surface area (Å²) < 4.78 is 0. The molecule has 0 atom stereocenters. The van der Waals surface area contributed by atoms with Crippen LogP contribution >= 0.6 is 0 Å². The van der Waals surface area contributed by atoms with E-state index in [1.54, 1.807) is 12.3 Å². The summed E-state index contributed by atoms with van der Waals surface area (Å²) in [5.74, 6) is -1.18. The number of aromatic carboxylic acids is 1. The molecular weight excluding hydrogens is 168 g/mol. The van der Waals surface area contributed by atoms with Crippen LogP contribution in [0.15, 0.2) is 18.5 Å². The van der Waals surface area contributed by atoms with E-state index in [2.05, 4.69) is 9.97 Å². The van der Waals surface area contributed by atoms with Crippen LogP contribution in [0.3, 0.4) is 0 Å². The highest BCUT2D eigenvalue weighted by Gasteiger charge is 2.04. The van der Waals surface area contributed by atoms with Gasteiger partial charge in [-0.2, -0.15) is 0 Å². The number of carboxylic acids is 1. The number of carbonyl (C=O) groups is 1. The summed E-state index contributed by atoms with van der Waals surface area (Å²) >= 11 is 0. The van der Waals surface area contributed by atoms with E-state index in [4.69, 9.17) is 0 Å². The summed E-state index contributed by atoms with van der Waals surface area (Å²) in [4.78, 5) is 17.4. The summed E-state index contributed by atoms with van der Waals surface area (Å²) in [5, 5.41) is 11.2. The third-order valence-electron chi connectivity index (χ3n) is 1.89. The first-order valence-electron chi connectivity index (χ1n) is 3.83. The van der Waals surface area contributed by atoms with Gasteiger partial charge in [-0.25, -0.2) is 4.98 Å². The van der Waals surface area contributed by atoms with Gasteiger partial charge in [-0.15, -0.1) is 0 Å². The van der Waals surface area contributed by atoms with Gasteiger partial charge in [-0.1, -0.05) is 0 Å². The highest BCUT2D eigenvalue weighted by molar-refractivity contribution is 6.01. The van der Waals surface area contributed by atoms with E-state index in [1.807, 2.05) is 6.92 Å². The van der Waals surface area contributed by atoms with Crippen LogP contribution in [0.5, 0.6) is 0 Å². The van der Waals surface area contributed by atoms with Crippen molar-refractivity contribution in [2.24, 2.45) is 0 Å². The minimum absolute atomic E-state index is 0.159. The molecule has 2 heterocycles. The van der Waals surface area contributed by atoms with Gasteiger partial charge in [0.1, 0.15) is 5.65 Å². The Hall–Kier alpha value is -1.84. The fourth-order valence-electron chi connectivity index (χ4n) is 1.28. The molecule has 13 heavy (non-hydrogen) atoms. The number of rotatable bonds is 1. The van der Waals surface area contributed by atoms with Gasteiger partial charge in [0, 0.05) is 23.3 Å². The average molecular weight is 175 g/mol. The highest BCUT2D eigenvalue weighted by atomic mass is 16.4. The van der Waals surface area contributed by atoms with Crippen LogP contribution < -0.4 is 5.11 Å². The molecule has 0 unspecified atom stereocenters. The maximum atomic E-state index is 10.6. The third-order valence-corrected chi connectivity index (χ3v) is 1.89. The lowest BCUT2D eigenvalue weighted by atomic mass is 10.2.